The number of piperidine rings is 1. The third kappa shape index (κ3) is 5.51. The number of hydrogen-bond donors (Lipinski definition) is 1. The van der Waals surface area contributed by atoms with Crippen molar-refractivity contribution in [2.24, 2.45) is 0 Å². The van der Waals surface area contributed by atoms with Gasteiger partial charge in [-0.1, -0.05) is 17.7 Å². The van der Waals surface area contributed by atoms with Crippen LogP contribution < -0.4 is 15.0 Å². The van der Waals surface area contributed by atoms with Crippen molar-refractivity contribution < 1.29 is 19.1 Å². The Bertz CT molecular complexity index is 1110. The number of carbonyl (C=O) groups is 3. The van der Waals surface area contributed by atoms with Gasteiger partial charge in [0.15, 0.2) is 0 Å². The molecule has 2 aliphatic heterocycles. The molecule has 0 atom stereocenters. The Hall–Kier alpha value is -2.97. The molecule has 2 fully saturated rings. The molecule has 2 saturated heterocycles. The van der Waals surface area contributed by atoms with E-state index in [0.29, 0.717) is 22.0 Å². The van der Waals surface area contributed by atoms with Crippen LogP contribution in [0, 0.1) is 0 Å². The molecule has 0 bridgehead atoms. The van der Waals surface area contributed by atoms with E-state index in [1.54, 1.807) is 37.5 Å². The van der Waals surface area contributed by atoms with Crippen LogP contribution in [-0.4, -0.2) is 48.7 Å². The molecule has 2 aromatic rings. The van der Waals surface area contributed by atoms with Crippen LogP contribution in [0.25, 0.3) is 6.08 Å². The maximum atomic E-state index is 12.8. The first kappa shape index (κ1) is 23.2. The summed E-state index contributed by atoms with van der Waals surface area (Å²) >= 11 is 6.74. The fourth-order valence-corrected chi connectivity index (χ4v) is 4.88. The zero-order chi connectivity index (χ0) is 23.4. The van der Waals surface area contributed by atoms with Crippen LogP contribution in [0.1, 0.15) is 24.8 Å². The summed E-state index contributed by atoms with van der Waals surface area (Å²) in [5.41, 5.74) is 2.27. The summed E-state index contributed by atoms with van der Waals surface area (Å²) in [6.45, 7) is 1.65. The molecule has 4 rings (SSSR count). The first-order valence-electron chi connectivity index (χ1n) is 10.7. The highest BCUT2D eigenvalue weighted by Gasteiger charge is 2.36. The molecule has 172 valence electrons. The summed E-state index contributed by atoms with van der Waals surface area (Å²) in [6.07, 6.45) is 5.22. The summed E-state index contributed by atoms with van der Waals surface area (Å²) in [5, 5.41) is 2.63. The van der Waals surface area contributed by atoms with E-state index < -0.39 is 17.1 Å². The number of ether oxygens (including phenoxy) is 1. The molecular weight excluding hydrogens is 462 g/mol. The van der Waals surface area contributed by atoms with Crippen molar-refractivity contribution in [1.29, 1.82) is 0 Å². The van der Waals surface area contributed by atoms with E-state index >= 15 is 0 Å². The molecule has 2 aliphatic rings. The van der Waals surface area contributed by atoms with Crippen molar-refractivity contribution in [3.05, 3.63) is 58.0 Å². The number of halogens is 1. The first-order valence-corrected chi connectivity index (χ1v) is 11.9. The van der Waals surface area contributed by atoms with Crippen LogP contribution in [0.4, 0.5) is 16.2 Å². The van der Waals surface area contributed by atoms with Crippen molar-refractivity contribution in [1.82, 2.24) is 4.90 Å². The molecule has 0 spiro atoms. The Morgan fingerprint density at radius 1 is 1.15 bits per heavy atom. The van der Waals surface area contributed by atoms with Crippen LogP contribution in [-0.2, 0) is 9.59 Å². The topological polar surface area (TPSA) is 79.0 Å². The van der Waals surface area contributed by atoms with Gasteiger partial charge in [0.05, 0.1) is 12.0 Å². The van der Waals surface area contributed by atoms with Gasteiger partial charge in [0.25, 0.3) is 11.1 Å². The number of thioether (sulfide) groups is 1. The van der Waals surface area contributed by atoms with Gasteiger partial charge in [-0.05, 0) is 67.4 Å². The molecule has 0 aliphatic carbocycles. The first-order chi connectivity index (χ1) is 15.9. The minimum Gasteiger partial charge on any atom is -0.496 e. The van der Waals surface area contributed by atoms with Gasteiger partial charge in [0.2, 0.25) is 5.91 Å². The van der Waals surface area contributed by atoms with Gasteiger partial charge in [-0.25, -0.2) is 0 Å². The summed E-state index contributed by atoms with van der Waals surface area (Å²) < 4.78 is 5.55. The predicted octanol–water partition coefficient (Wildman–Crippen LogP) is 5.01. The minimum atomic E-state index is -0.506. The minimum absolute atomic E-state index is 0.250. The SMILES string of the molecule is COc1cc(N2CCCCC2)ccc1/C=C1\SC(=O)N(CC(=O)Nc2cccc(Cl)c2)C1=O. The molecule has 7 nitrogen and oxygen atoms in total. The van der Waals surface area contributed by atoms with E-state index in [0.717, 1.165) is 35.4 Å². The maximum absolute atomic E-state index is 12.8. The highest BCUT2D eigenvalue weighted by molar-refractivity contribution is 8.18. The summed E-state index contributed by atoms with van der Waals surface area (Å²) in [7, 11) is 1.58. The Labute approximate surface area is 201 Å². The monoisotopic (exact) mass is 485 g/mol. The Balaban J connectivity index is 1.47. The summed E-state index contributed by atoms with van der Waals surface area (Å²) in [5.74, 6) is -0.360. The number of carbonyl (C=O) groups excluding carboxylic acids is 3. The molecule has 2 heterocycles. The van der Waals surface area contributed by atoms with Crippen LogP contribution in [0.3, 0.4) is 0 Å². The van der Waals surface area contributed by atoms with Crippen LogP contribution in [0.5, 0.6) is 5.75 Å². The molecule has 0 radical (unpaired) electrons. The van der Waals surface area contributed by atoms with Crippen molar-refractivity contribution in [2.75, 3.05) is 37.0 Å². The molecule has 1 N–H and O–H groups in total. The number of rotatable bonds is 6. The van der Waals surface area contributed by atoms with Gasteiger partial charge in [-0.15, -0.1) is 0 Å². The number of nitrogens with zero attached hydrogens (tertiary/aromatic N) is 2. The number of imide groups is 1. The second kappa shape index (κ2) is 10.3. The van der Waals surface area contributed by atoms with E-state index in [1.165, 1.54) is 19.3 Å². The molecule has 0 saturated carbocycles. The van der Waals surface area contributed by atoms with Gasteiger partial charge in [0, 0.05) is 41.1 Å². The van der Waals surface area contributed by atoms with Crippen molar-refractivity contribution in [3.8, 4) is 5.75 Å². The molecule has 0 aromatic heterocycles. The molecule has 9 heteroatoms. The quantitative estimate of drug-likeness (QED) is 0.579. The van der Waals surface area contributed by atoms with Crippen LogP contribution >= 0.6 is 23.4 Å². The van der Waals surface area contributed by atoms with Crippen LogP contribution in [0.15, 0.2) is 47.4 Å². The predicted molar refractivity (Wildman–Crippen MR) is 132 cm³/mol. The fourth-order valence-electron chi connectivity index (χ4n) is 3.86. The number of anilines is 2. The third-order valence-corrected chi connectivity index (χ3v) is 6.65. The number of amides is 3. The van der Waals surface area contributed by atoms with Gasteiger partial charge in [0.1, 0.15) is 12.3 Å². The maximum Gasteiger partial charge on any atom is 0.294 e. The molecular formula is C24H24ClN3O4S. The average Bonchev–Trinajstić information content (AvgIpc) is 3.07. The lowest BCUT2D eigenvalue weighted by Crippen LogP contribution is -2.36. The van der Waals surface area contributed by atoms with E-state index in [2.05, 4.69) is 10.2 Å². The van der Waals surface area contributed by atoms with E-state index in [1.807, 2.05) is 18.2 Å². The highest BCUT2D eigenvalue weighted by atomic mass is 35.5. The van der Waals surface area contributed by atoms with Crippen molar-refractivity contribution >= 4 is 57.9 Å². The smallest absolute Gasteiger partial charge is 0.294 e. The molecule has 0 unspecified atom stereocenters. The van der Waals surface area contributed by atoms with Gasteiger partial charge >= 0.3 is 0 Å². The standard InChI is InChI=1S/C24H24ClN3O4S/c1-32-20-14-19(27-10-3-2-4-11-27)9-8-16(20)12-21-23(30)28(24(31)33-21)15-22(29)26-18-7-5-6-17(25)13-18/h5-9,12-14H,2-4,10-11,15H2,1H3,(H,26,29)/b21-12-. The number of methoxy groups -OCH3 is 1. The van der Waals surface area contributed by atoms with Gasteiger partial charge in [-0.3, -0.25) is 19.3 Å². The average molecular weight is 486 g/mol. The van der Waals surface area contributed by atoms with Crippen LogP contribution in [0.2, 0.25) is 5.02 Å². The zero-order valence-corrected chi connectivity index (χ0v) is 19.7. The lowest BCUT2D eigenvalue weighted by atomic mass is 10.1. The Morgan fingerprint density at radius 2 is 1.94 bits per heavy atom. The fraction of sp³-hybridized carbons (Fsp3) is 0.292. The third-order valence-electron chi connectivity index (χ3n) is 5.51. The lowest BCUT2D eigenvalue weighted by Gasteiger charge is -2.29. The lowest BCUT2D eigenvalue weighted by molar-refractivity contribution is -0.127. The zero-order valence-electron chi connectivity index (χ0n) is 18.2. The van der Waals surface area contributed by atoms with Crippen molar-refractivity contribution in [2.45, 2.75) is 19.3 Å². The summed E-state index contributed by atoms with van der Waals surface area (Å²) in [6, 6.07) is 12.5. The second-order valence-corrected chi connectivity index (χ2v) is 9.23. The van der Waals surface area contributed by atoms with E-state index in [-0.39, 0.29) is 11.4 Å². The summed E-state index contributed by atoms with van der Waals surface area (Å²) in [4.78, 5) is 41.1. The normalized spacial score (nSPS) is 17.6. The molecule has 3 amide bonds. The Kier molecular flexibility index (Phi) is 7.25. The largest absolute Gasteiger partial charge is 0.496 e. The van der Waals surface area contributed by atoms with Gasteiger partial charge in [-0.2, -0.15) is 0 Å². The number of hydrogen-bond acceptors (Lipinski definition) is 6. The number of nitrogens with one attached hydrogen (secondary N) is 1. The van der Waals surface area contributed by atoms with E-state index in [4.69, 9.17) is 16.3 Å². The molecule has 33 heavy (non-hydrogen) atoms. The second-order valence-electron chi connectivity index (χ2n) is 7.80. The van der Waals surface area contributed by atoms with Gasteiger partial charge < -0.3 is 15.0 Å². The van der Waals surface area contributed by atoms with E-state index in [9.17, 15) is 14.4 Å². The van der Waals surface area contributed by atoms with Crippen molar-refractivity contribution in [3.63, 3.8) is 0 Å². The number of benzene rings is 2. The highest BCUT2D eigenvalue weighted by Crippen LogP contribution is 2.35. The molecule has 2 aromatic carbocycles. The Morgan fingerprint density at radius 3 is 2.67 bits per heavy atom.